The van der Waals surface area contributed by atoms with Crippen molar-refractivity contribution in [2.24, 2.45) is 0 Å². The molecule has 0 bridgehead atoms. The van der Waals surface area contributed by atoms with E-state index in [1.54, 1.807) is 6.92 Å². The molecule has 0 unspecified atom stereocenters. The molecular weight excluding hydrogens is 256 g/mol. The monoisotopic (exact) mass is 268 g/mol. The van der Waals surface area contributed by atoms with Crippen LogP contribution >= 0.6 is 15.9 Å². The molecule has 0 radical (unpaired) electrons. The zero-order valence-electron chi connectivity index (χ0n) is 8.59. The molecule has 3 nitrogen and oxygen atoms in total. The fourth-order valence-electron chi connectivity index (χ4n) is 1.95. The first-order valence-corrected chi connectivity index (χ1v) is 5.75. The molecule has 1 heterocycles. The fourth-order valence-corrected chi connectivity index (χ4v) is 2.28. The van der Waals surface area contributed by atoms with Crippen LogP contribution in [-0.4, -0.2) is 12.5 Å². The maximum Gasteiger partial charge on any atom is 0.223 e. The maximum atomic E-state index is 11.4. The lowest BCUT2D eigenvalue weighted by Gasteiger charge is -2.29. The van der Waals surface area contributed by atoms with Gasteiger partial charge in [-0.15, -0.1) is 0 Å². The van der Waals surface area contributed by atoms with E-state index < -0.39 is 0 Å². The molecule has 0 atom stereocenters. The molecule has 2 rings (SSSR count). The first-order valence-electron chi connectivity index (χ1n) is 4.95. The van der Waals surface area contributed by atoms with Crippen molar-refractivity contribution in [2.75, 3.05) is 17.2 Å². The molecule has 15 heavy (non-hydrogen) atoms. The summed E-state index contributed by atoms with van der Waals surface area (Å²) in [5.74, 6) is 0.0904. The Bertz CT molecular complexity index is 417. The van der Waals surface area contributed by atoms with Crippen LogP contribution < -0.4 is 10.6 Å². The zero-order valence-corrected chi connectivity index (χ0v) is 10.2. The van der Waals surface area contributed by atoms with Gasteiger partial charge in [0.1, 0.15) is 0 Å². The minimum atomic E-state index is 0.0904. The van der Waals surface area contributed by atoms with Crippen molar-refractivity contribution in [1.29, 1.82) is 0 Å². The van der Waals surface area contributed by atoms with Crippen LogP contribution in [0.1, 0.15) is 18.9 Å². The third kappa shape index (κ3) is 1.86. The van der Waals surface area contributed by atoms with Gasteiger partial charge in [0.2, 0.25) is 5.91 Å². The van der Waals surface area contributed by atoms with Crippen LogP contribution in [0.3, 0.4) is 0 Å². The molecule has 1 aliphatic heterocycles. The molecule has 0 fully saturated rings. The predicted molar refractivity (Wildman–Crippen MR) is 64.9 cm³/mol. The van der Waals surface area contributed by atoms with E-state index in [1.165, 1.54) is 0 Å². The number of nitrogens with two attached hydrogens (primary N) is 1. The highest BCUT2D eigenvalue weighted by Gasteiger charge is 2.20. The summed E-state index contributed by atoms with van der Waals surface area (Å²) in [6, 6.07) is 3.89. The third-order valence-electron chi connectivity index (χ3n) is 2.70. The zero-order chi connectivity index (χ0) is 11.0. The van der Waals surface area contributed by atoms with Crippen LogP contribution in [0.5, 0.6) is 0 Å². The van der Waals surface area contributed by atoms with E-state index >= 15 is 0 Å². The Labute approximate surface area is 97.4 Å². The van der Waals surface area contributed by atoms with Gasteiger partial charge in [-0.2, -0.15) is 0 Å². The number of rotatable bonds is 0. The third-order valence-corrected chi connectivity index (χ3v) is 3.38. The van der Waals surface area contributed by atoms with Gasteiger partial charge in [0.25, 0.3) is 0 Å². The first kappa shape index (κ1) is 10.5. The number of anilines is 2. The topological polar surface area (TPSA) is 46.3 Å². The van der Waals surface area contributed by atoms with Crippen LogP contribution in [0.25, 0.3) is 0 Å². The molecule has 1 aliphatic rings. The minimum Gasteiger partial charge on any atom is -0.398 e. The predicted octanol–water partition coefficient (Wildman–Crippen LogP) is 2.33. The molecule has 0 aromatic heterocycles. The van der Waals surface area contributed by atoms with Crippen LogP contribution in [0.2, 0.25) is 0 Å². The molecule has 0 saturated carbocycles. The smallest absolute Gasteiger partial charge is 0.223 e. The maximum absolute atomic E-state index is 11.4. The highest BCUT2D eigenvalue weighted by molar-refractivity contribution is 9.10. The van der Waals surface area contributed by atoms with Gasteiger partial charge in [-0.25, -0.2) is 0 Å². The number of hydrogen-bond donors (Lipinski definition) is 1. The van der Waals surface area contributed by atoms with Gasteiger partial charge in [-0.05, 0) is 46.5 Å². The van der Waals surface area contributed by atoms with E-state index in [2.05, 4.69) is 15.9 Å². The van der Waals surface area contributed by atoms with Gasteiger partial charge in [0.05, 0.1) is 0 Å². The lowest BCUT2D eigenvalue weighted by Crippen LogP contribution is -2.33. The number of amides is 1. The number of hydrogen-bond acceptors (Lipinski definition) is 2. The number of carbonyl (C=O) groups is 1. The van der Waals surface area contributed by atoms with Crippen molar-refractivity contribution in [1.82, 2.24) is 0 Å². The van der Waals surface area contributed by atoms with Crippen molar-refractivity contribution >= 4 is 33.2 Å². The lowest BCUT2D eigenvalue weighted by atomic mass is 10.0. The van der Waals surface area contributed by atoms with Crippen LogP contribution in [-0.2, 0) is 11.2 Å². The van der Waals surface area contributed by atoms with Crippen LogP contribution in [0, 0.1) is 0 Å². The van der Waals surface area contributed by atoms with Crippen LogP contribution in [0.4, 0.5) is 11.4 Å². The second kappa shape index (κ2) is 3.85. The second-order valence-corrected chi connectivity index (χ2v) is 4.63. The Balaban J connectivity index is 2.51. The standard InChI is InChI=1S/C11H13BrN2O/c1-7(15)14-4-2-3-8-5-10(13)9(12)6-11(8)14/h5-6H,2-4,13H2,1H3. The van der Waals surface area contributed by atoms with E-state index in [0.29, 0.717) is 0 Å². The summed E-state index contributed by atoms with van der Waals surface area (Å²) in [5, 5.41) is 0. The van der Waals surface area contributed by atoms with E-state index in [-0.39, 0.29) is 5.91 Å². The first-order chi connectivity index (χ1) is 7.09. The second-order valence-electron chi connectivity index (χ2n) is 3.78. The van der Waals surface area contributed by atoms with E-state index in [0.717, 1.165) is 40.8 Å². The average molecular weight is 269 g/mol. The van der Waals surface area contributed by atoms with Crippen molar-refractivity contribution in [3.05, 3.63) is 22.2 Å². The number of nitrogens with zero attached hydrogens (tertiary/aromatic N) is 1. The number of fused-ring (bicyclic) bond motifs is 1. The van der Waals surface area contributed by atoms with Crippen molar-refractivity contribution in [3.8, 4) is 0 Å². The number of halogens is 1. The van der Waals surface area contributed by atoms with Gasteiger partial charge in [0.15, 0.2) is 0 Å². The van der Waals surface area contributed by atoms with Gasteiger partial charge in [0, 0.05) is 29.3 Å². The summed E-state index contributed by atoms with van der Waals surface area (Å²) in [7, 11) is 0. The molecule has 80 valence electrons. The van der Waals surface area contributed by atoms with E-state index in [4.69, 9.17) is 5.73 Å². The summed E-state index contributed by atoms with van der Waals surface area (Å²) in [6.45, 7) is 2.40. The highest BCUT2D eigenvalue weighted by Crippen LogP contribution is 2.33. The number of benzene rings is 1. The number of nitrogen functional groups attached to an aromatic ring is 1. The molecule has 0 spiro atoms. The van der Waals surface area contributed by atoms with Crippen LogP contribution in [0.15, 0.2) is 16.6 Å². The lowest BCUT2D eigenvalue weighted by molar-refractivity contribution is -0.116. The Morgan fingerprint density at radius 1 is 1.53 bits per heavy atom. The molecule has 2 N–H and O–H groups in total. The largest absolute Gasteiger partial charge is 0.398 e. The van der Waals surface area contributed by atoms with Crippen molar-refractivity contribution in [2.45, 2.75) is 19.8 Å². The molecule has 4 heteroatoms. The van der Waals surface area contributed by atoms with Crippen molar-refractivity contribution < 1.29 is 4.79 Å². The quantitative estimate of drug-likeness (QED) is 0.735. The Kier molecular flexibility index (Phi) is 2.69. The van der Waals surface area contributed by atoms with Gasteiger partial charge >= 0.3 is 0 Å². The summed E-state index contributed by atoms with van der Waals surface area (Å²) < 4.78 is 0.856. The summed E-state index contributed by atoms with van der Waals surface area (Å²) in [4.78, 5) is 13.2. The summed E-state index contributed by atoms with van der Waals surface area (Å²) >= 11 is 3.39. The van der Waals surface area contributed by atoms with E-state index in [1.807, 2.05) is 17.0 Å². The molecular formula is C11H13BrN2O. The Morgan fingerprint density at radius 3 is 2.93 bits per heavy atom. The molecule has 1 amide bonds. The SMILES string of the molecule is CC(=O)N1CCCc2cc(N)c(Br)cc21. The van der Waals surface area contributed by atoms with E-state index in [9.17, 15) is 4.79 Å². The molecule has 1 aromatic rings. The number of aryl methyl sites for hydroxylation is 1. The molecule has 0 aliphatic carbocycles. The van der Waals surface area contributed by atoms with Gasteiger partial charge < -0.3 is 10.6 Å². The molecule has 1 aromatic carbocycles. The summed E-state index contributed by atoms with van der Waals surface area (Å²) in [6.07, 6.45) is 2.00. The highest BCUT2D eigenvalue weighted by atomic mass is 79.9. The Hall–Kier alpha value is -1.03. The summed E-state index contributed by atoms with van der Waals surface area (Å²) in [5.41, 5.74) is 8.71. The number of carbonyl (C=O) groups excluding carboxylic acids is 1. The van der Waals surface area contributed by atoms with Gasteiger partial charge in [-0.3, -0.25) is 4.79 Å². The average Bonchev–Trinajstić information content (AvgIpc) is 2.18. The molecule has 0 saturated heterocycles. The fraction of sp³-hybridized carbons (Fsp3) is 0.364. The minimum absolute atomic E-state index is 0.0904. The van der Waals surface area contributed by atoms with Crippen molar-refractivity contribution in [3.63, 3.8) is 0 Å². The normalized spacial score (nSPS) is 14.9. The Morgan fingerprint density at radius 2 is 2.27 bits per heavy atom. The van der Waals surface area contributed by atoms with Gasteiger partial charge in [-0.1, -0.05) is 0 Å².